The monoisotopic (exact) mass is 806 g/mol. The van der Waals surface area contributed by atoms with Gasteiger partial charge in [-0.05, 0) is 77.0 Å². The molecular weight excluding hydrogens is 725 g/mol. The molecule has 0 fully saturated rings. The second kappa shape index (κ2) is 38.0. The van der Waals surface area contributed by atoms with E-state index < -0.39 is 32.5 Å². The highest BCUT2D eigenvalue weighted by Crippen LogP contribution is 2.38. The van der Waals surface area contributed by atoms with E-state index in [0.29, 0.717) is 30.3 Å². The van der Waals surface area contributed by atoms with Crippen molar-refractivity contribution in [1.29, 1.82) is 0 Å². The Balaban J connectivity index is 4.49. The number of phosphoric ester groups is 1. The molecule has 0 spiro atoms. The lowest BCUT2D eigenvalue weighted by Crippen LogP contribution is -2.37. The zero-order valence-electron chi connectivity index (χ0n) is 36.1. The normalized spacial score (nSPS) is 14.3. The fraction of sp³-hybridized carbons (Fsp3) is 0.696. The molecule has 0 rings (SSSR count). The van der Waals surface area contributed by atoms with Crippen LogP contribution in [0.1, 0.15) is 155 Å². The van der Waals surface area contributed by atoms with Crippen LogP contribution in [0.5, 0.6) is 0 Å². The number of carbonyl (C=O) groups is 2. The van der Waals surface area contributed by atoms with Crippen LogP contribution in [0, 0.1) is 0 Å². The maximum atomic E-state index is 12.6. The van der Waals surface area contributed by atoms with E-state index in [1.807, 2.05) is 27.2 Å². The Hall–Kier alpha value is -2.55. The van der Waals surface area contributed by atoms with Gasteiger partial charge in [-0.2, -0.15) is 0 Å². The number of likely N-dealkylation sites (N-methyl/N-ethyl adjacent to an activating group) is 1. The Bertz CT molecular complexity index is 1180. The first-order chi connectivity index (χ1) is 27.0. The van der Waals surface area contributed by atoms with E-state index in [2.05, 4.69) is 80.7 Å². The molecule has 0 bridgehead atoms. The summed E-state index contributed by atoms with van der Waals surface area (Å²) in [4.78, 5) is 37.5. The lowest BCUT2D eigenvalue weighted by Gasteiger charge is -2.28. The Kier molecular flexibility index (Phi) is 36.3. The Labute approximate surface area is 342 Å². The van der Waals surface area contributed by atoms with Gasteiger partial charge in [-0.1, -0.05) is 138 Å². The number of nitrogens with zero attached hydrogens (tertiary/aromatic N) is 1. The zero-order chi connectivity index (χ0) is 41.4. The smallest absolute Gasteiger partial charge is 0.306 e. The van der Waals surface area contributed by atoms with E-state index in [-0.39, 0.29) is 26.1 Å². The van der Waals surface area contributed by atoms with Crippen LogP contribution in [0.3, 0.4) is 0 Å². The number of hydrogen-bond donors (Lipinski definition) is 0. The van der Waals surface area contributed by atoms with Gasteiger partial charge in [-0.3, -0.25) is 14.2 Å². The summed E-state index contributed by atoms with van der Waals surface area (Å²) in [5.41, 5.74) is 0. The van der Waals surface area contributed by atoms with Crippen LogP contribution in [0.25, 0.3) is 0 Å². The fourth-order valence-electron chi connectivity index (χ4n) is 5.33. The highest BCUT2D eigenvalue weighted by Gasteiger charge is 2.21. The molecule has 0 aliphatic heterocycles. The summed E-state index contributed by atoms with van der Waals surface area (Å²) >= 11 is 0. The first kappa shape index (κ1) is 53.5. The van der Waals surface area contributed by atoms with Gasteiger partial charge in [0.2, 0.25) is 0 Å². The number of hydrogen-bond acceptors (Lipinski definition) is 8. The molecule has 322 valence electrons. The van der Waals surface area contributed by atoms with E-state index in [1.54, 1.807) is 0 Å². The molecule has 56 heavy (non-hydrogen) atoms. The second-order valence-corrected chi connectivity index (χ2v) is 16.7. The quantitative estimate of drug-likeness (QED) is 0.0199. The third-order valence-electron chi connectivity index (χ3n) is 8.71. The summed E-state index contributed by atoms with van der Waals surface area (Å²) in [6, 6.07) is 0. The topological polar surface area (TPSA) is 111 Å². The lowest BCUT2D eigenvalue weighted by atomic mass is 10.1. The minimum Gasteiger partial charge on any atom is -0.756 e. The van der Waals surface area contributed by atoms with Gasteiger partial charge in [0.15, 0.2) is 6.10 Å². The molecule has 0 N–H and O–H groups in total. The van der Waals surface area contributed by atoms with E-state index in [9.17, 15) is 19.0 Å². The molecule has 0 aromatic rings. The van der Waals surface area contributed by atoms with Crippen molar-refractivity contribution < 1.29 is 42.1 Å². The standard InChI is InChI=1S/C46H80NO8P/c1-6-8-10-12-14-16-18-20-22-23-25-27-29-31-33-35-37-39-46(49)55-44(43-54-56(50,51)53-41-40-47(3,4)5)42-52-45(48)38-36-34-32-30-28-26-24-21-19-17-15-13-11-9-7-2/h8,10,14,16-17,19-20,22,25,27,31,33,44H,6-7,9,11-13,15,18,21,23-24,26,28-30,32,34-43H2,1-5H3/b10-8-,16-14-,19-17-,22-20-,27-25-,33-31-/t44-/m1/s1. The van der Waals surface area contributed by atoms with Gasteiger partial charge >= 0.3 is 11.9 Å². The summed E-state index contributed by atoms with van der Waals surface area (Å²) in [7, 11) is 1.11. The number of rotatable bonds is 38. The third kappa shape index (κ3) is 41.1. The third-order valence-corrected chi connectivity index (χ3v) is 9.67. The first-order valence-corrected chi connectivity index (χ1v) is 23.1. The first-order valence-electron chi connectivity index (χ1n) is 21.6. The number of unbranched alkanes of at least 4 members (excludes halogenated alkanes) is 12. The van der Waals surface area contributed by atoms with Crippen molar-refractivity contribution >= 4 is 19.8 Å². The van der Waals surface area contributed by atoms with Crippen LogP contribution < -0.4 is 4.89 Å². The average Bonchev–Trinajstić information content (AvgIpc) is 3.15. The van der Waals surface area contributed by atoms with Crippen molar-refractivity contribution in [3.8, 4) is 0 Å². The SMILES string of the molecule is CC/C=C\C/C=C\C/C=C\C/C=C\C/C=C\CCCC(=O)O[C@H](COC(=O)CCCCCCCCC/C=C\CCCCCC)COP(=O)([O-])OCC[N+](C)(C)C. The summed E-state index contributed by atoms with van der Waals surface area (Å²) in [6.45, 7) is 4.01. The van der Waals surface area contributed by atoms with Gasteiger partial charge in [-0.15, -0.1) is 0 Å². The van der Waals surface area contributed by atoms with Crippen molar-refractivity contribution in [2.45, 2.75) is 161 Å². The minimum absolute atomic E-state index is 0.0455. The summed E-state index contributed by atoms with van der Waals surface area (Å²) in [5, 5.41) is 0. The van der Waals surface area contributed by atoms with Gasteiger partial charge in [0, 0.05) is 12.8 Å². The van der Waals surface area contributed by atoms with Crippen LogP contribution in [0.2, 0.25) is 0 Å². The van der Waals surface area contributed by atoms with Crippen molar-refractivity contribution in [2.75, 3.05) is 47.5 Å². The predicted molar refractivity (Wildman–Crippen MR) is 231 cm³/mol. The van der Waals surface area contributed by atoms with Crippen molar-refractivity contribution in [2.24, 2.45) is 0 Å². The second-order valence-electron chi connectivity index (χ2n) is 15.3. The number of allylic oxidation sites excluding steroid dienone is 12. The predicted octanol–water partition coefficient (Wildman–Crippen LogP) is 11.6. The molecular formula is C46H80NO8P. The van der Waals surface area contributed by atoms with Gasteiger partial charge < -0.3 is 27.9 Å². The molecule has 0 saturated heterocycles. The van der Waals surface area contributed by atoms with Crippen LogP contribution >= 0.6 is 7.82 Å². The Morgan fingerprint density at radius 1 is 0.571 bits per heavy atom. The molecule has 0 aromatic carbocycles. The van der Waals surface area contributed by atoms with Crippen LogP contribution in [-0.4, -0.2) is 70.0 Å². The maximum Gasteiger partial charge on any atom is 0.306 e. The summed E-state index contributed by atoms with van der Waals surface area (Å²) in [6.07, 6.45) is 46.5. The molecule has 0 aliphatic carbocycles. The van der Waals surface area contributed by atoms with Gasteiger partial charge in [0.1, 0.15) is 19.8 Å². The molecule has 0 aromatic heterocycles. The number of phosphoric acid groups is 1. The zero-order valence-corrected chi connectivity index (χ0v) is 36.9. The number of quaternary nitrogens is 1. The number of carbonyl (C=O) groups excluding carboxylic acids is 2. The molecule has 0 aliphatic rings. The van der Waals surface area contributed by atoms with Crippen LogP contribution in [0.15, 0.2) is 72.9 Å². The molecule has 9 nitrogen and oxygen atoms in total. The van der Waals surface area contributed by atoms with Crippen LogP contribution in [0.4, 0.5) is 0 Å². The summed E-state index contributed by atoms with van der Waals surface area (Å²) < 4.78 is 33.8. The Morgan fingerprint density at radius 3 is 1.59 bits per heavy atom. The molecule has 0 radical (unpaired) electrons. The van der Waals surface area contributed by atoms with Gasteiger partial charge in [0.05, 0.1) is 27.7 Å². The van der Waals surface area contributed by atoms with Crippen molar-refractivity contribution in [3.63, 3.8) is 0 Å². The molecule has 0 saturated carbocycles. The Morgan fingerprint density at radius 2 is 1.04 bits per heavy atom. The lowest BCUT2D eigenvalue weighted by molar-refractivity contribution is -0.870. The largest absolute Gasteiger partial charge is 0.756 e. The van der Waals surface area contributed by atoms with E-state index >= 15 is 0 Å². The van der Waals surface area contributed by atoms with Crippen molar-refractivity contribution in [1.82, 2.24) is 0 Å². The minimum atomic E-state index is -4.64. The van der Waals surface area contributed by atoms with Gasteiger partial charge in [-0.25, -0.2) is 0 Å². The van der Waals surface area contributed by atoms with E-state index in [1.165, 1.54) is 51.4 Å². The molecule has 1 unspecified atom stereocenters. The summed E-state index contributed by atoms with van der Waals surface area (Å²) in [5.74, 6) is -0.914. The van der Waals surface area contributed by atoms with Crippen molar-refractivity contribution in [3.05, 3.63) is 72.9 Å². The van der Waals surface area contributed by atoms with E-state index in [0.717, 1.165) is 57.8 Å². The van der Waals surface area contributed by atoms with Crippen LogP contribution in [-0.2, 0) is 32.7 Å². The fourth-order valence-corrected chi connectivity index (χ4v) is 6.06. The average molecular weight is 806 g/mol. The molecule has 0 heterocycles. The number of ether oxygens (including phenoxy) is 2. The maximum absolute atomic E-state index is 12.6. The highest BCUT2D eigenvalue weighted by molar-refractivity contribution is 7.45. The molecule has 10 heteroatoms. The molecule has 0 amide bonds. The van der Waals surface area contributed by atoms with Gasteiger partial charge in [0.25, 0.3) is 7.82 Å². The van der Waals surface area contributed by atoms with E-state index in [4.69, 9.17) is 18.5 Å². The highest BCUT2D eigenvalue weighted by atomic mass is 31.2. The molecule has 2 atom stereocenters. The number of esters is 2.